The Morgan fingerprint density at radius 3 is 2.23 bits per heavy atom. The normalized spacial score (nSPS) is 11.3. The summed E-state index contributed by atoms with van der Waals surface area (Å²) in [7, 11) is 0. The Morgan fingerprint density at radius 2 is 1.67 bits per heavy atom. The zero-order valence-electron chi connectivity index (χ0n) is 17.5. The van der Waals surface area contributed by atoms with Crippen LogP contribution in [0.1, 0.15) is 31.9 Å². The molecule has 3 aromatic rings. The maximum absolute atomic E-state index is 11.8. The molecule has 0 bridgehead atoms. The quantitative estimate of drug-likeness (QED) is 0.607. The maximum Gasteiger partial charge on any atom is 0.318 e. The lowest BCUT2D eigenvalue weighted by Gasteiger charge is -2.19. The topological polar surface area (TPSA) is 103 Å². The molecule has 8 heteroatoms. The van der Waals surface area contributed by atoms with E-state index in [-0.39, 0.29) is 11.2 Å². The first-order valence-electron chi connectivity index (χ1n) is 9.50. The Morgan fingerprint density at radius 1 is 1.03 bits per heavy atom. The first kappa shape index (κ1) is 21.6. The van der Waals surface area contributed by atoms with Gasteiger partial charge in [0.15, 0.2) is 11.0 Å². The zero-order chi connectivity index (χ0) is 21.9. The minimum atomic E-state index is -0.875. The van der Waals surface area contributed by atoms with Gasteiger partial charge in [-0.1, -0.05) is 74.5 Å². The van der Waals surface area contributed by atoms with Gasteiger partial charge in [0.05, 0.1) is 5.75 Å². The fourth-order valence-corrected chi connectivity index (χ4v) is 3.65. The van der Waals surface area contributed by atoms with Gasteiger partial charge in [0.2, 0.25) is 5.91 Å². The van der Waals surface area contributed by atoms with Gasteiger partial charge in [0.25, 0.3) is 0 Å². The molecular weight excluding hydrogens is 398 g/mol. The molecule has 3 rings (SSSR count). The van der Waals surface area contributed by atoms with Crippen molar-refractivity contribution in [3.8, 4) is 17.1 Å². The molecule has 30 heavy (non-hydrogen) atoms. The third-order valence-electron chi connectivity index (χ3n) is 4.53. The lowest BCUT2D eigenvalue weighted by Crippen LogP contribution is -2.36. The monoisotopic (exact) mass is 423 g/mol. The van der Waals surface area contributed by atoms with Crippen molar-refractivity contribution in [3.05, 3.63) is 59.7 Å². The van der Waals surface area contributed by atoms with E-state index in [1.165, 1.54) is 17.3 Å². The van der Waals surface area contributed by atoms with Crippen LogP contribution in [0, 0.1) is 6.92 Å². The number of rotatable bonds is 5. The van der Waals surface area contributed by atoms with Crippen LogP contribution in [0.3, 0.4) is 0 Å². The standard InChI is InChI=1S/C22H25N5O2S/c1-14-5-11-17(12-6-14)27-19(15-7-9-16(10-8-15)22(2,3)4)25-26-21(27)30-13-18(28)24-20(23)29/h5-12H,13H2,1-4H3,(H3,23,24,28,29). The molecule has 3 amide bonds. The Hall–Kier alpha value is -3.13. The van der Waals surface area contributed by atoms with Crippen molar-refractivity contribution in [3.63, 3.8) is 0 Å². The van der Waals surface area contributed by atoms with E-state index in [9.17, 15) is 9.59 Å². The molecule has 0 aliphatic heterocycles. The molecule has 2 aromatic carbocycles. The fraction of sp³-hybridized carbons (Fsp3) is 0.273. The number of imide groups is 1. The molecule has 0 saturated heterocycles. The van der Waals surface area contributed by atoms with Crippen LogP contribution < -0.4 is 11.1 Å². The third-order valence-corrected chi connectivity index (χ3v) is 5.46. The van der Waals surface area contributed by atoms with E-state index >= 15 is 0 Å². The predicted molar refractivity (Wildman–Crippen MR) is 119 cm³/mol. The van der Waals surface area contributed by atoms with E-state index in [0.717, 1.165) is 16.8 Å². The number of nitrogens with one attached hydrogen (secondary N) is 1. The molecule has 7 nitrogen and oxygen atoms in total. The van der Waals surface area contributed by atoms with Gasteiger partial charge in [-0.25, -0.2) is 4.79 Å². The van der Waals surface area contributed by atoms with Gasteiger partial charge >= 0.3 is 6.03 Å². The first-order valence-corrected chi connectivity index (χ1v) is 10.5. The number of aryl methyl sites for hydroxylation is 1. The maximum atomic E-state index is 11.8. The van der Waals surface area contributed by atoms with Gasteiger partial charge in [0, 0.05) is 11.3 Å². The highest BCUT2D eigenvalue weighted by Gasteiger charge is 2.19. The average Bonchev–Trinajstić information content (AvgIpc) is 3.10. The summed E-state index contributed by atoms with van der Waals surface area (Å²) in [6, 6.07) is 15.4. The van der Waals surface area contributed by atoms with E-state index in [1.54, 1.807) is 0 Å². The minimum Gasteiger partial charge on any atom is -0.351 e. The van der Waals surface area contributed by atoms with Crippen LogP contribution in [0.2, 0.25) is 0 Å². The van der Waals surface area contributed by atoms with E-state index in [1.807, 2.05) is 47.9 Å². The summed E-state index contributed by atoms with van der Waals surface area (Å²) < 4.78 is 1.91. The number of urea groups is 1. The Kier molecular flexibility index (Phi) is 6.26. The van der Waals surface area contributed by atoms with Crippen molar-refractivity contribution >= 4 is 23.7 Å². The molecule has 0 radical (unpaired) electrons. The summed E-state index contributed by atoms with van der Waals surface area (Å²) in [6.45, 7) is 8.53. The highest BCUT2D eigenvalue weighted by atomic mass is 32.2. The molecule has 0 saturated carbocycles. The number of amides is 3. The van der Waals surface area contributed by atoms with E-state index < -0.39 is 11.9 Å². The van der Waals surface area contributed by atoms with Crippen LogP contribution in [-0.2, 0) is 10.2 Å². The largest absolute Gasteiger partial charge is 0.351 e. The molecule has 3 N–H and O–H groups in total. The molecule has 0 spiro atoms. The molecule has 0 unspecified atom stereocenters. The predicted octanol–water partition coefficient (Wildman–Crippen LogP) is 3.83. The highest BCUT2D eigenvalue weighted by molar-refractivity contribution is 7.99. The van der Waals surface area contributed by atoms with Gasteiger partial charge in [-0.3, -0.25) is 14.7 Å². The van der Waals surface area contributed by atoms with E-state index in [2.05, 4.69) is 48.4 Å². The molecular formula is C22H25N5O2S. The smallest absolute Gasteiger partial charge is 0.318 e. The van der Waals surface area contributed by atoms with Crippen LogP contribution in [-0.4, -0.2) is 32.5 Å². The molecule has 1 aromatic heterocycles. The first-order chi connectivity index (χ1) is 14.1. The average molecular weight is 424 g/mol. The Balaban J connectivity index is 1.99. The summed E-state index contributed by atoms with van der Waals surface area (Å²) in [6.07, 6.45) is 0. The van der Waals surface area contributed by atoms with Crippen LogP contribution >= 0.6 is 11.8 Å². The molecule has 0 atom stereocenters. The number of thioether (sulfide) groups is 1. The second-order valence-corrected chi connectivity index (χ2v) is 8.95. The van der Waals surface area contributed by atoms with Crippen LogP contribution in [0.25, 0.3) is 17.1 Å². The summed E-state index contributed by atoms with van der Waals surface area (Å²) in [4.78, 5) is 22.7. The molecule has 0 aliphatic rings. The van der Waals surface area contributed by atoms with Gasteiger partial charge in [-0.15, -0.1) is 10.2 Å². The second-order valence-electron chi connectivity index (χ2n) is 8.01. The zero-order valence-corrected chi connectivity index (χ0v) is 18.3. The van der Waals surface area contributed by atoms with Crippen molar-refractivity contribution in [2.75, 3.05) is 5.75 Å². The van der Waals surface area contributed by atoms with Crippen molar-refractivity contribution in [2.45, 2.75) is 38.3 Å². The number of aromatic nitrogens is 3. The molecule has 0 aliphatic carbocycles. The SMILES string of the molecule is Cc1ccc(-n2c(SCC(=O)NC(N)=O)nnc2-c2ccc(C(C)(C)C)cc2)cc1. The van der Waals surface area contributed by atoms with Gasteiger partial charge < -0.3 is 5.73 Å². The Bertz CT molecular complexity index is 1050. The molecule has 156 valence electrons. The highest BCUT2D eigenvalue weighted by Crippen LogP contribution is 2.30. The minimum absolute atomic E-state index is 0.00407. The number of carbonyl (C=O) groups is 2. The number of carbonyl (C=O) groups excluding carboxylic acids is 2. The van der Waals surface area contributed by atoms with Gasteiger partial charge in [-0.2, -0.15) is 0 Å². The third kappa shape index (κ3) is 5.07. The molecule has 0 fully saturated rings. The van der Waals surface area contributed by atoms with Crippen LogP contribution in [0.15, 0.2) is 53.7 Å². The van der Waals surface area contributed by atoms with E-state index in [0.29, 0.717) is 11.0 Å². The number of benzene rings is 2. The van der Waals surface area contributed by atoms with Gasteiger partial charge in [0.1, 0.15) is 0 Å². The molecule has 1 heterocycles. The number of nitrogens with zero attached hydrogens (tertiary/aromatic N) is 3. The summed E-state index contributed by atoms with van der Waals surface area (Å²) >= 11 is 1.19. The summed E-state index contributed by atoms with van der Waals surface area (Å²) in [5.74, 6) is 0.190. The van der Waals surface area contributed by atoms with Gasteiger partial charge in [-0.05, 0) is 30.0 Å². The number of primary amides is 1. The summed E-state index contributed by atoms with van der Waals surface area (Å²) in [5.41, 5.74) is 9.23. The van der Waals surface area contributed by atoms with Crippen LogP contribution in [0.4, 0.5) is 4.79 Å². The number of hydrogen-bond donors (Lipinski definition) is 2. The van der Waals surface area contributed by atoms with Crippen molar-refractivity contribution in [1.82, 2.24) is 20.1 Å². The van der Waals surface area contributed by atoms with Crippen LogP contribution in [0.5, 0.6) is 0 Å². The van der Waals surface area contributed by atoms with E-state index in [4.69, 9.17) is 5.73 Å². The lowest BCUT2D eigenvalue weighted by molar-refractivity contribution is -0.117. The Labute approximate surface area is 180 Å². The number of hydrogen-bond acceptors (Lipinski definition) is 5. The van der Waals surface area contributed by atoms with Crippen molar-refractivity contribution in [1.29, 1.82) is 0 Å². The second kappa shape index (κ2) is 8.71. The van der Waals surface area contributed by atoms with Crippen molar-refractivity contribution in [2.24, 2.45) is 5.73 Å². The lowest BCUT2D eigenvalue weighted by atomic mass is 9.87. The fourth-order valence-electron chi connectivity index (χ4n) is 2.90. The van der Waals surface area contributed by atoms with Crippen molar-refractivity contribution < 1.29 is 9.59 Å². The summed E-state index contributed by atoms with van der Waals surface area (Å²) in [5, 5.41) is 11.3. The number of nitrogens with two attached hydrogens (primary N) is 1.